The topological polar surface area (TPSA) is 26.3 Å². The largest absolute Gasteiger partial charge is 0.493 e. The Morgan fingerprint density at radius 3 is 2.46 bits per heavy atom. The Labute approximate surface area is 83.5 Å². The van der Waals surface area contributed by atoms with Crippen molar-refractivity contribution in [3.63, 3.8) is 0 Å². The van der Waals surface area contributed by atoms with E-state index in [0.29, 0.717) is 18.1 Å². The molecule has 1 rings (SSSR count). The minimum absolute atomic E-state index is 0. The van der Waals surface area contributed by atoms with E-state index in [1.807, 2.05) is 0 Å². The molecule has 0 fully saturated rings. The molecule has 0 saturated carbocycles. The fourth-order valence-electron chi connectivity index (χ4n) is 0.756. The molecule has 0 atom stereocenters. The van der Waals surface area contributed by atoms with Crippen molar-refractivity contribution >= 4 is 17.9 Å². The average Bonchev–Trinajstić information content (AvgIpc) is 2.09. The van der Waals surface area contributed by atoms with Crippen molar-refractivity contribution in [3.05, 3.63) is 29.3 Å². The van der Waals surface area contributed by atoms with Gasteiger partial charge in [0.25, 0.3) is 0 Å². The number of hydrogen-bond donors (Lipinski definition) is 0. The lowest BCUT2D eigenvalue weighted by Gasteiger charge is -2.02. The lowest BCUT2D eigenvalue weighted by atomic mass is 10.3. The van der Waals surface area contributed by atoms with Gasteiger partial charge in [0, 0.05) is 11.4 Å². The number of rotatable bonds is 4. The highest BCUT2D eigenvalue weighted by Gasteiger charge is 1.92. The Bertz CT molecular complexity index is 244. The van der Waals surface area contributed by atoms with Gasteiger partial charge in [-0.25, -0.2) is 0 Å². The fraction of sp³-hybridized carbons (Fsp3) is 0.300. The summed E-state index contributed by atoms with van der Waals surface area (Å²) >= 11 is 5.66. The van der Waals surface area contributed by atoms with Crippen LogP contribution in [0, 0.1) is 0 Å². The predicted octanol–water partition coefficient (Wildman–Crippen LogP) is 2.94. The van der Waals surface area contributed by atoms with Crippen molar-refractivity contribution in [1.82, 2.24) is 0 Å². The third-order valence-electron chi connectivity index (χ3n) is 1.32. The van der Waals surface area contributed by atoms with Crippen LogP contribution in [-0.2, 0) is 4.79 Å². The van der Waals surface area contributed by atoms with Crippen LogP contribution in [0.2, 0.25) is 5.02 Å². The molecule has 0 spiro atoms. The van der Waals surface area contributed by atoms with Crippen LogP contribution in [0.15, 0.2) is 24.3 Å². The smallest absolute Gasteiger partial charge is 0.123 e. The summed E-state index contributed by atoms with van der Waals surface area (Å²) in [7, 11) is 0. The molecule has 1 aromatic rings. The first kappa shape index (κ1) is 12.0. The molecule has 72 valence electrons. The lowest BCUT2D eigenvalue weighted by molar-refractivity contribution is -0.108. The first-order valence-corrected chi connectivity index (χ1v) is 4.03. The normalized spacial score (nSPS) is 8.69. The summed E-state index contributed by atoms with van der Waals surface area (Å²) in [6.45, 7) is 0.422. The first-order valence-electron chi connectivity index (χ1n) is 3.65. The standard InChI is InChI=1S/C9H9ClO2.CH4/c10-8-2-4-9(5-3-8)12-7-1-6-11;/h2-6H,1,7H2;1H4. The van der Waals surface area contributed by atoms with E-state index in [1.165, 1.54) is 0 Å². The second-order valence-electron chi connectivity index (χ2n) is 2.26. The Morgan fingerprint density at radius 2 is 1.92 bits per heavy atom. The summed E-state index contributed by atoms with van der Waals surface area (Å²) in [5.41, 5.74) is 0. The molecule has 0 radical (unpaired) electrons. The summed E-state index contributed by atoms with van der Waals surface area (Å²) < 4.78 is 5.21. The van der Waals surface area contributed by atoms with Gasteiger partial charge in [0.2, 0.25) is 0 Å². The van der Waals surface area contributed by atoms with Crippen LogP contribution in [0.4, 0.5) is 0 Å². The van der Waals surface area contributed by atoms with Crippen molar-refractivity contribution in [1.29, 1.82) is 0 Å². The second kappa shape index (κ2) is 6.49. The molecule has 0 heterocycles. The number of hydrogen-bond acceptors (Lipinski definition) is 2. The maximum absolute atomic E-state index is 9.95. The highest BCUT2D eigenvalue weighted by molar-refractivity contribution is 6.30. The molecule has 0 saturated heterocycles. The fourth-order valence-corrected chi connectivity index (χ4v) is 0.882. The number of ether oxygens (including phenoxy) is 1. The summed E-state index contributed by atoms with van der Waals surface area (Å²) in [4.78, 5) is 9.95. The number of carbonyl (C=O) groups excluding carboxylic acids is 1. The van der Waals surface area contributed by atoms with Crippen molar-refractivity contribution < 1.29 is 9.53 Å². The van der Waals surface area contributed by atoms with Crippen molar-refractivity contribution in [3.8, 4) is 5.75 Å². The summed E-state index contributed by atoms with van der Waals surface area (Å²) in [6.07, 6.45) is 1.25. The van der Waals surface area contributed by atoms with E-state index in [-0.39, 0.29) is 7.43 Å². The van der Waals surface area contributed by atoms with Crippen LogP contribution in [0.1, 0.15) is 13.8 Å². The van der Waals surface area contributed by atoms with Crippen LogP contribution in [0.3, 0.4) is 0 Å². The molecule has 0 aliphatic heterocycles. The quantitative estimate of drug-likeness (QED) is 0.552. The zero-order valence-electron chi connectivity index (χ0n) is 6.50. The van der Waals surface area contributed by atoms with Crippen LogP contribution in [-0.4, -0.2) is 12.9 Å². The summed E-state index contributed by atoms with van der Waals surface area (Å²) in [5, 5.41) is 0.678. The maximum atomic E-state index is 9.95. The van der Waals surface area contributed by atoms with E-state index in [1.54, 1.807) is 24.3 Å². The van der Waals surface area contributed by atoms with Crippen molar-refractivity contribution in [2.75, 3.05) is 6.61 Å². The minimum atomic E-state index is 0. The molecule has 0 amide bonds. The minimum Gasteiger partial charge on any atom is -0.493 e. The Kier molecular flexibility index (Phi) is 5.98. The van der Waals surface area contributed by atoms with Gasteiger partial charge in [-0.05, 0) is 24.3 Å². The van der Waals surface area contributed by atoms with Crippen LogP contribution in [0.25, 0.3) is 0 Å². The third-order valence-corrected chi connectivity index (χ3v) is 1.57. The monoisotopic (exact) mass is 200 g/mol. The van der Waals surface area contributed by atoms with E-state index >= 15 is 0 Å². The molecule has 0 bridgehead atoms. The SMILES string of the molecule is C.O=CCCOc1ccc(Cl)cc1. The van der Waals surface area contributed by atoms with Crippen molar-refractivity contribution in [2.24, 2.45) is 0 Å². The molecule has 13 heavy (non-hydrogen) atoms. The van der Waals surface area contributed by atoms with E-state index in [2.05, 4.69) is 0 Å². The van der Waals surface area contributed by atoms with E-state index < -0.39 is 0 Å². The molecule has 1 aromatic carbocycles. The number of aldehydes is 1. The highest BCUT2D eigenvalue weighted by Crippen LogP contribution is 2.15. The molecular weight excluding hydrogens is 188 g/mol. The second-order valence-corrected chi connectivity index (χ2v) is 2.69. The van der Waals surface area contributed by atoms with Gasteiger partial charge in [0.15, 0.2) is 0 Å². The van der Waals surface area contributed by atoms with Crippen LogP contribution < -0.4 is 4.74 Å². The Morgan fingerprint density at radius 1 is 1.31 bits per heavy atom. The van der Waals surface area contributed by atoms with Gasteiger partial charge in [0.05, 0.1) is 6.61 Å². The van der Waals surface area contributed by atoms with Gasteiger partial charge in [-0.15, -0.1) is 0 Å². The zero-order chi connectivity index (χ0) is 8.81. The van der Waals surface area contributed by atoms with Gasteiger partial charge in [-0.2, -0.15) is 0 Å². The molecule has 0 aromatic heterocycles. The predicted molar refractivity (Wildman–Crippen MR) is 54.4 cm³/mol. The molecule has 0 N–H and O–H groups in total. The Hall–Kier alpha value is -1.02. The van der Waals surface area contributed by atoms with Gasteiger partial charge in [-0.1, -0.05) is 19.0 Å². The third kappa shape index (κ3) is 4.53. The number of benzene rings is 1. The van der Waals surface area contributed by atoms with Gasteiger partial charge >= 0.3 is 0 Å². The summed E-state index contributed by atoms with van der Waals surface area (Å²) in [5.74, 6) is 0.737. The molecule has 2 nitrogen and oxygen atoms in total. The molecule has 3 heteroatoms. The van der Waals surface area contributed by atoms with Crippen LogP contribution >= 0.6 is 11.6 Å². The Balaban J connectivity index is 0.00000144. The molecule has 0 unspecified atom stereocenters. The first-order chi connectivity index (χ1) is 5.83. The zero-order valence-corrected chi connectivity index (χ0v) is 7.25. The van der Waals surface area contributed by atoms with Gasteiger partial charge in [0.1, 0.15) is 12.0 Å². The number of halogens is 1. The van der Waals surface area contributed by atoms with Crippen molar-refractivity contribution in [2.45, 2.75) is 13.8 Å². The molecular formula is C10H13ClO2. The molecule has 0 aliphatic carbocycles. The van der Waals surface area contributed by atoms with E-state index in [0.717, 1.165) is 12.0 Å². The van der Waals surface area contributed by atoms with E-state index in [4.69, 9.17) is 16.3 Å². The summed E-state index contributed by atoms with van der Waals surface area (Å²) in [6, 6.07) is 7.04. The average molecular weight is 201 g/mol. The maximum Gasteiger partial charge on any atom is 0.123 e. The highest BCUT2D eigenvalue weighted by atomic mass is 35.5. The number of carbonyl (C=O) groups is 1. The van der Waals surface area contributed by atoms with Gasteiger partial charge in [-0.3, -0.25) is 0 Å². The van der Waals surface area contributed by atoms with E-state index in [9.17, 15) is 4.79 Å². The van der Waals surface area contributed by atoms with Gasteiger partial charge < -0.3 is 9.53 Å². The van der Waals surface area contributed by atoms with Crippen LogP contribution in [0.5, 0.6) is 5.75 Å². The molecule has 0 aliphatic rings. The lowest BCUT2D eigenvalue weighted by Crippen LogP contribution is -1.96.